The molecule has 2 aliphatic heterocycles. The number of nitrogens with zero attached hydrogens (tertiary/aromatic N) is 5. The van der Waals surface area contributed by atoms with Gasteiger partial charge in [-0.2, -0.15) is 0 Å². The normalized spacial score (nSPS) is 21.2. The summed E-state index contributed by atoms with van der Waals surface area (Å²) in [6.07, 6.45) is 0.967. The maximum Gasteiger partial charge on any atom is 0.414 e. The van der Waals surface area contributed by atoms with Gasteiger partial charge in [0.25, 0.3) is 0 Å². The van der Waals surface area contributed by atoms with Gasteiger partial charge < -0.3 is 29.9 Å². The maximum atomic E-state index is 14.9. The summed E-state index contributed by atoms with van der Waals surface area (Å²) >= 11 is 0. The summed E-state index contributed by atoms with van der Waals surface area (Å²) in [5.41, 5.74) is 0.751. The number of hydrogen-bond acceptors (Lipinski definition) is 9. The number of alkyl carbamates (subject to hydrolysis) is 1. The van der Waals surface area contributed by atoms with Gasteiger partial charge in [-0.25, -0.2) is 18.7 Å². The Morgan fingerprint density at radius 3 is 2.97 bits per heavy atom. The molecule has 0 radical (unpaired) electrons. The molecule has 3 N–H and O–H groups in total. The number of ether oxygens (including phenoxy) is 2. The Kier molecular flexibility index (Phi) is 6.89. The minimum Gasteiger partial charge on any atom is -0.447 e. The zero-order chi connectivity index (χ0) is 23.4. The van der Waals surface area contributed by atoms with Gasteiger partial charge in [-0.3, -0.25) is 4.90 Å². The van der Waals surface area contributed by atoms with E-state index in [1.165, 1.54) is 17.2 Å². The van der Waals surface area contributed by atoms with Crippen LogP contribution in [0, 0.1) is 5.82 Å². The summed E-state index contributed by atoms with van der Waals surface area (Å²) in [6.45, 7) is 0.698. The van der Waals surface area contributed by atoms with Gasteiger partial charge in [-0.1, -0.05) is 5.21 Å². The number of nitrogens with one attached hydrogen (secondary N) is 1. The lowest BCUT2D eigenvalue weighted by atomic mass is 10.2. The quantitative estimate of drug-likeness (QED) is 0.496. The molecule has 4 rings (SSSR count). The SMILES string of the molecule is O=C(N[C@@H]1CCN(c2ccc(N3C[C@H](Cn4ccnn4)OC3=O)cc2F)C1)OC[C@@H](O)CO. The van der Waals surface area contributed by atoms with Crippen molar-refractivity contribution >= 4 is 23.6 Å². The topological polar surface area (TPSA) is 142 Å². The number of carbonyl (C=O) groups excluding carboxylic acids is 2. The molecular formula is C20H25FN6O6. The fourth-order valence-electron chi connectivity index (χ4n) is 3.82. The molecular weight excluding hydrogens is 439 g/mol. The Bertz CT molecular complexity index is 976. The molecule has 0 spiro atoms. The first kappa shape index (κ1) is 22.7. The third-order valence-electron chi connectivity index (χ3n) is 5.45. The predicted molar refractivity (Wildman–Crippen MR) is 112 cm³/mol. The number of aliphatic hydroxyl groups is 2. The van der Waals surface area contributed by atoms with Crippen LogP contribution in [-0.2, 0) is 16.0 Å². The summed E-state index contributed by atoms with van der Waals surface area (Å²) in [5, 5.41) is 28.2. The summed E-state index contributed by atoms with van der Waals surface area (Å²) in [5.74, 6) is -0.491. The molecule has 0 bridgehead atoms. The third-order valence-corrected chi connectivity index (χ3v) is 5.45. The fraction of sp³-hybridized carbons (Fsp3) is 0.500. The molecule has 0 aliphatic carbocycles. The van der Waals surface area contributed by atoms with E-state index in [1.807, 2.05) is 0 Å². The molecule has 0 unspecified atom stereocenters. The van der Waals surface area contributed by atoms with E-state index in [2.05, 4.69) is 15.6 Å². The third kappa shape index (κ3) is 5.49. The Hall–Kier alpha value is -3.45. The molecule has 3 heterocycles. The first-order valence-corrected chi connectivity index (χ1v) is 10.5. The number of rotatable bonds is 8. The number of carbonyl (C=O) groups is 2. The van der Waals surface area contributed by atoms with E-state index in [9.17, 15) is 19.1 Å². The van der Waals surface area contributed by atoms with Gasteiger partial charge in [0.2, 0.25) is 0 Å². The van der Waals surface area contributed by atoms with Crippen molar-refractivity contribution in [3.05, 3.63) is 36.4 Å². The Labute approximate surface area is 188 Å². The standard InChI is InChI=1S/C20H25FN6O6/c21-17-7-14(27-10-16(33-20(27)31)9-26-6-4-22-24-26)1-2-18(17)25-5-3-13(8-25)23-19(30)32-12-15(29)11-28/h1-2,4,6-7,13,15-16,28-29H,3,5,8-12H2,(H,23,30)/t13-,15+,16+/m1/s1. The van der Waals surface area contributed by atoms with Crippen molar-refractivity contribution in [2.24, 2.45) is 0 Å². The van der Waals surface area contributed by atoms with E-state index in [-0.39, 0.29) is 19.2 Å². The van der Waals surface area contributed by atoms with Crippen LogP contribution in [0.25, 0.3) is 0 Å². The van der Waals surface area contributed by atoms with Crippen LogP contribution in [0.5, 0.6) is 0 Å². The van der Waals surface area contributed by atoms with Crippen LogP contribution in [0.4, 0.5) is 25.4 Å². The second-order valence-corrected chi connectivity index (χ2v) is 7.89. The number of cyclic esters (lactones) is 1. The minimum atomic E-state index is -1.13. The van der Waals surface area contributed by atoms with Crippen molar-refractivity contribution in [3.63, 3.8) is 0 Å². The van der Waals surface area contributed by atoms with Crippen LogP contribution in [0.1, 0.15) is 6.42 Å². The summed E-state index contributed by atoms with van der Waals surface area (Å²) in [6, 6.07) is 4.29. The fourth-order valence-corrected chi connectivity index (χ4v) is 3.82. The second-order valence-electron chi connectivity index (χ2n) is 7.89. The Morgan fingerprint density at radius 2 is 2.24 bits per heavy atom. The van der Waals surface area contributed by atoms with Crippen molar-refractivity contribution in [2.75, 3.05) is 42.6 Å². The molecule has 2 fully saturated rings. The van der Waals surface area contributed by atoms with Crippen LogP contribution in [0.3, 0.4) is 0 Å². The molecule has 178 valence electrons. The summed E-state index contributed by atoms with van der Waals surface area (Å²) in [4.78, 5) is 27.2. The van der Waals surface area contributed by atoms with E-state index in [4.69, 9.17) is 14.6 Å². The van der Waals surface area contributed by atoms with Crippen molar-refractivity contribution in [2.45, 2.75) is 31.2 Å². The van der Waals surface area contributed by atoms with Gasteiger partial charge in [0.05, 0.1) is 43.3 Å². The average Bonchev–Trinajstić information content (AvgIpc) is 3.54. The highest BCUT2D eigenvalue weighted by Gasteiger charge is 2.34. The van der Waals surface area contributed by atoms with E-state index >= 15 is 0 Å². The van der Waals surface area contributed by atoms with Crippen LogP contribution in [-0.4, -0.2) is 88.5 Å². The number of benzene rings is 1. The van der Waals surface area contributed by atoms with Gasteiger partial charge in [-0.05, 0) is 24.6 Å². The first-order chi connectivity index (χ1) is 15.9. The average molecular weight is 464 g/mol. The molecule has 1 aromatic carbocycles. The Morgan fingerprint density at radius 1 is 1.39 bits per heavy atom. The molecule has 12 nitrogen and oxygen atoms in total. The highest BCUT2D eigenvalue weighted by atomic mass is 19.1. The lowest BCUT2D eigenvalue weighted by Crippen LogP contribution is -2.38. The van der Waals surface area contributed by atoms with Gasteiger partial charge in [0.1, 0.15) is 24.6 Å². The molecule has 1 aromatic heterocycles. The number of anilines is 2. The van der Waals surface area contributed by atoms with Crippen LogP contribution in [0.15, 0.2) is 30.6 Å². The number of halogens is 1. The lowest BCUT2D eigenvalue weighted by molar-refractivity contribution is 0.0315. The van der Waals surface area contributed by atoms with Gasteiger partial charge >= 0.3 is 12.2 Å². The van der Waals surface area contributed by atoms with Crippen LogP contribution in [0.2, 0.25) is 0 Å². The van der Waals surface area contributed by atoms with Crippen LogP contribution < -0.4 is 15.1 Å². The monoisotopic (exact) mass is 464 g/mol. The molecule has 0 saturated carbocycles. The lowest BCUT2D eigenvalue weighted by Gasteiger charge is -2.21. The van der Waals surface area contributed by atoms with E-state index in [0.29, 0.717) is 37.4 Å². The van der Waals surface area contributed by atoms with E-state index in [1.54, 1.807) is 27.9 Å². The number of hydrogen-bond donors (Lipinski definition) is 3. The summed E-state index contributed by atoms with van der Waals surface area (Å²) < 4.78 is 26.7. The van der Waals surface area contributed by atoms with Crippen molar-refractivity contribution in [3.8, 4) is 0 Å². The molecule has 33 heavy (non-hydrogen) atoms. The van der Waals surface area contributed by atoms with Gasteiger partial charge in [0.15, 0.2) is 0 Å². The molecule has 2 amide bonds. The molecule has 2 saturated heterocycles. The van der Waals surface area contributed by atoms with Crippen molar-refractivity contribution in [1.82, 2.24) is 20.3 Å². The number of aliphatic hydroxyl groups excluding tert-OH is 2. The maximum absolute atomic E-state index is 14.9. The van der Waals surface area contributed by atoms with Crippen molar-refractivity contribution in [1.29, 1.82) is 0 Å². The minimum absolute atomic E-state index is 0.256. The molecule has 13 heteroatoms. The van der Waals surface area contributed by atoms with Crippen molar-refractivity contribution < 1.29 is 33.7 Å². The number of amides is 2. The molecule has 2 aromatic rings. The number of aromatic nitrogens is 3. The van der Waals surface area contributed by atoms with E-state index in [0.717, 1.165) is 0 Å². The smallest absolute Gasteiger partial charge is 0.414 e. The van der Waals surface area contributed by atoms with Crippen LogP contribution >= 0.6 is 0 Å². The highest BCUT2D eigenvalue weighted by molar-refractivity contribution is 5.90. The summed E-state index contributed by atoms with van der Waals surface area (Å²) in [7, 11) is 0. The predicted octanol–water partition coefficient (Wildman–Crippen LogP) is 0.101. The van der Waals surface area contributed by atoms with Gasteiger partial charge in [-0.15, -0.1) is 5.10 Å². The Balaban J connectivity index is 1.32. The second kappa shape index (κ2) is 10.0. The van der Waals surface area contributed by atoms with Gasteiger partial charge in [0, 0.05) is 19.3 Å². The van der Waals surface area contributed by atoms with E-state index < -0.39 is 36.8 Å². The molecule has 3 atom stereocenters. The largest absolute Gasteiger partial charge is 0.447 e. The first-order valence-electron chi connectivity index (χ1n) is 10.5. The zero-order valence-electron chi connectivity index (χ0n) is 17.7. The highest BCUT2D eigenvalue weighted by Crippen LogP contribution is 2.30. The molecule has 2 aliphatic rings. The zero-order valence-corrected chi connectivity index (χ0v) is 17.7.